The van der Waals surface area contributed by atoms with Crippen molar-refractivity contribution in [2.75, 3.05) is 25.0 Å². The van der Waals surface area contributed by atoms with Crippen LogP contribution in [0.3, 0.4) is 0 Å². The van der Waals surface area contributed by atoms with Crippen LogP contribution in [-0.2, 0) is 14.4 Å². The highest BCUT2D eigenvalue weighted by Crippen LogP contribution is 2.29. The van der Waals surface area contributed by atoms with Gasteiger partial charge in [-0.05, 0) is 62.3 Å². The highest BCUT2D eigenvalue weighted by molar-refractivity contribution is 6.01. The number of piperidine rings is 2. The number of likely N-dealkylation sites (tertiary alicyclic amines) is 1. The van der Waals surface area contributed by atoms with Crippen molar-refractivity contribution in [1.29, 1.82) is 0 Å². The van der Waals surface area contributed by atoms with Gasteiger partial charge in [0.25, 0.3) is 0 Å². The predicted octanol–water partition coefficient (Wildman–Crippen LogP) is 3.33. The lowest BCUT2D eigenvalue weighted by Crippen LogP contribution is -2.47. The summed E-state index contributed by atoms with van der Waals surface area (Å²) in [5, 5.41) is 5.59. The number of nitrogens with zero attached hydrogens (tertiary/aromatic N) is 1. The predicted molar refractivity (Wildman–Crippen MR) is 129 cm³/mol. The molecule has 0 bridgehead atoms. The van der Waals surface area contributed by atoms with Gasteiger partial charge < -0.3 is 16.0 Å². The Balaban J connectivity index is 0.00000363. The van der Waals surface area contributed by atoms with Gasteiger partial charge in [0.15, 0.2) is 0 Å². The van der Waals surface area contributed by atoms with Crippen LogP contribution in [0.4, 0.5) is 5.69 Å². The van der Waals surface area contributed by atoms with Crippen LogP contribution in [0.25, 0.3) is 0 Å². The summed E-state index contributed by atoms with van der Waals surface area (Å²) in [5.74, 6) is 0.296. The van der Waals surface area contributed by atoms with Crippen molar-refractivity contribution in [3.63, 3.8) is 0 Å². The lowest BCUT2D eigenvalue weighted by Gasteiger charge is -2.32. The fraction of sp³-hybridized carbons (Fsp3) is 0.625. The van der Waals surface area contributed by atoms with Crippen molar-refractivity contribution in [1.82, 2.24) is 10.2 Å². The topological polar surface area (TPSA) is 105 Å². The van der Waals surface area contributed by atoms with Crippen LogP contribution >= 0.6 is 12.4 Å². The maximum absolute atomic E-state index is 12.5. The molecule has 2 heterocycles. The van der Waals surface area contributed by atoms with Crippen LogP contribution in [0.1, 0.15) is 75.7 Å². The minimum Gasteiger partial charge on any atom is -0.374 e. The molecule has 0 spiro atoms. The summed E-state index contributed by atoms with van der Waals surface area (Å²) in [4.78, 5) is 37.6. The largest absolute Gasteiger partial charge is 0.374 e. The molecule has 4 N–H and O–H groups in total. The summed E-state index contributed by atoms with van der Waals surface area (Å²) < 4.78 is 0. The van der Waals surface area contributed by atoms with E-state index in [1.54, 1.807) is 0 Å². The molecule has 7 nitrogen and oxygen atoms in total. The molecule has 178 valence electrons. The highest BCUT2D eigenvalue weighted by atomic mass is 35.5. The zero-order valence-electron chi connectivity index (χ0n) is 18.8. The van der Waals surface area contributed by atoms with Gasteiger partial charge in [-0.2, -0.15) is 0 Å². The van der Waals surface area contributed by atoms with Crippen LogP contribution in [-0.4, -0.2) is 48.3 Å². The van der Waals surface area contributed by atoms with Crippen molar-refractivity contribution >= 4 is 35.8 Å². The Morgan fingerprint density at radius 2 is 1.66 bits per heavy atom. The minimum atomic E-state index is -0.363. The summed E-state index contributed by atoms with van der Waals surface area (Å²) in [7, 11) is 0. The molecule has 1 aromatic rings. The van der Waals surface area contributed by atoms with Gasteiger partial charge in [-0.25, -0.2) is 0 Å². The Labute approximate surface area is 197 Å². The van der Waals surface area contributed by atoms with Gasteiger partial charge in [0.2, 0.25) is 17.7 Å². The van der Waals surface area contributed by atoms with E-state index in [9.17, 15) is 14.4 Å². The number of amides is 3. The van der Waals surface area contributed by atoms with E-state index in [2.05, 4.69) is 22.8 Å². The summed E-state index contributed by atoms with van der Waals surface area (Å²) in [6.45, 7) is 2.41. The maximum Gasteiger partial charge on any atom is 0.249 e. The fourth-order valence-corrected chi connectivity index (χ4v) is 4.46. The molecular weight excluding hydrogens is 428 g/mol. The van der Waals surface area contributed by atoms with Crippen LogP contribution in [0, 0.1) is 0 Å². The molecule has 2 saturated heterocycles. The Morgan fingerprint density at radius 1 is 1.00 bits per heavy atom. The average molecular weight is 465 g/mol. The number of nitrogens with one attached hydrogen (secondary N) is 2. The summed E-state index contributed by atoms with van der Waals surface area (Å²) in [6.07, 6.45) is 9.03. The third kappa shape index (κ3) is 7.78. The SMILES string of the molecule is Cl.NCCCCCCCC(=O)N1CCC(c2ccc(NC3CCC(=O)NC3=O)cc2)CC1. The van der Waals surface area contributed by atoms with E-state index >= 15 is 0 Å². The van der Waals surface area contributed by atoms with Gasteiger partial charge in [0, 0.05) is 31.6 Å². The minimum absolute atomic E-state index is 0. The molecule has 1 unspecified atom stereocenters. The van der Waals surface area contributed by atoms with E-state index in [0.29, 0.717) is 31.1 Å². The van der Waals surface area contributed by atoms with Gasteiger partial charge in [0.1, 0.15) is 6.04 Å². The number of halogens is 1. The Bertz CT molecular complexity index is 748. The molecule has 2 aliphatic heterocycles. The van der Waals surface area contributed by atoms with Crippen LogP contribution in [0.15, 0.2) is 24.3 Å². The first-order chi connectivity index (χ1) is 15.1. The van der Waals surface area contributed by atoms with E-state index in [0.717, 1.165) is 63.8 Å². The summed E-state index contributed by atoms with van der Waals surface area (Å²) >= 11 is 0. The monoisotopic (exact) mass is 464 g/mol. The number of carbonyl (C=O) groups is 3. The van der Waals surface area contributed by atoms with E-state index in [-0.39, 0.29) is 30.3 Å². The van der Waals surface area contributed by atoms with E-state index < -0.39 is 0 Å². The second kappa shape index (κ2) is 13.4. The van der Waals surface area contributed by atoms with Crippen LogP contribution in [0.2, 0.25) is 0 Å². The molecule has 0 radical (unpaired) electrons. The number of unbranched alkanes of at least 4 members (excludes halogenated alkanes) is 4. The van der Waals surface area contributed by atoms with E-state index in [4.69, 9.17) is 5.73 Å². The molecule has 0 aliphatic carbocycles. The Hall–Kier alpha value is -2.12. The molecule has 0 aromatic heterocycles. The first kappa shape index (κ1) is 26.1. The lowest BCUT2D eigenvalue weighted by molar-refractivity contribution is -0.134. The smallest absolute Gasteiger partial charge is 0.249 e. The molecule has 3 amide bonds. The molecule has 0 saturated carbocycles. The van der Waals surface area contributed by atoms with Gasteiger partial charge in [-0.3, -0.25) is 19.7 Å². The summed E-state index contributed by atoms with van der Waals surface area (Å²) in [5.41, 5.74) is 7.67. The number of rotatable bonds is 10. The molecule has 1 atom stereocenters. The Kier molecular flexibility index (Phi) is 11.0. The lowest BCUT2D eigenvalue weighted by atomic mass is 9.89. The zero-order valence-corrected chi connectivity index (χ0v) is 19.6. The number of benzene rings is 1. The molecular formula is C24H37ClN4O3. The molecule has 2 fully saturated rings. The third-order valence-electron chi connectivity index (χ3n) is 6.40. The van der Waals surface area contributed by atoms with Crippen molar-refractivity contribution < 1.29 is 14.4 Å². The molecule has 2 aliphatic rings. The number of imide groups is 1. The quantitative estimate of drug-likeness (QED) is 0.364. The standard InChI is InChI=1S/C24H36N4O3.ClH/c25-15-5-3-1-2-4-6-23(30)28-16-13-19(14-17-28)18-7-9-20(10-8-18)26-21-11-12-22(29)27-24(21)31;/h7-10,19,21,26H,1-6,11-17,25H2,(H,27,29,31);1H. The average Bonchev–Trinajstić information content (AvgIpc) is 2.78. The summed E-state index contributed by atoms with van der Waals surface area (Å²) in [6, 6.07) is 7.86. The van der Waals surface area contributed by atoms with Crippen molar-refractivity contribution in [3.05, 3.63) is 29.8 Å². The molecule has 3 rings (SSSR count). The maximum atomic E-state index is 12.5. The first-order valence-electron chi connectivity index (χ1n) is 11.7. The molecule has 32 heavy (non-hydrogen) atoms. The van der Waals surface area contributed by atoms with E-state index in [1.807, 2.05) is 17.0 Å². The van der Waals surface area contributed by atoms with Gasteiger partial charge in [0.05, 0.1) is 0 Å². The molecule has 1 aromatic carbocycles. The molecule has 8 heteroatoms. The fourth-order valence-electron chi connectivity index (χ4n) is 4.46. The highest BCUT2D eigenvalue weighted by Gasteiger charge is 2.27. The number of hydrogen-bond acceptors (Lipinski definition) is 5. The number of hydrogen-bond donors (Lipinski definition) is 3. The second-order valence-corrected chi connectivity index (χ2v) is 8.73. The van der Waals surface area contributed by atoms with E-state index in [1.165, 1.54) is 12.0 Å². The van der Waals surface area contributed by atoms with Crippen LogP contribution < -0.4 is 16.4 Å². The van der Waals surface area contributed by atoms with Gasteiger partial charge in [-0.1, -0.05) is 31.4 Å². The number of anilines is 1. The van der Waals surface area contributed by atoms with Crippen molar-refractivity contribution in [2.24, 2.45) is 5.73 Å². The first-order valence-corrected chi connectivity index (χ1v) is 11.7. The Morgan fingerprint density at radius 3 is 2.31 bits per heavy atom. The third-order valence-corrected chi connectivity index (χ3v) is 6.40. The zero-order chi connectivity index (χ0) is 22.1. The number of carbonyl (C=O) groups excluding carboxylic acids is 3. The van der Waals surface area contributed by atoms with Crippen molar-refractivity contribution in [2.45, 2.75) is 76.2 Å². The number of nitrogens with two attached hydrogens (primary N) is 1. The van der Waals surface area contributed by atoms with Gasteiger partial charge >= 0.3 is 0 Å². The second-order valence-electron chi connectivity index (χ2n) is 8.73. The van der Waals surface area contributed by atoms with Crippen LogP contribution in [0.5, 0.6) is 0 Å². The van der Waals surface area contributed by atoms with Crippen molar-refractivity contribution in [3.8, 4) is 0 Å². The normalized spacial score (nSPS) is 19.3. The van der Waals surface area contributed by atoms with Gasteiger partial charge in [-0.15, -0.1) is 12.4 Å².